The molecule has 1 nitrogen and oxygen atoms in total. The maximum atomic E-state index is 6.85. The summed E-state index contributed by atoms with van der Waals surface area (Å²) in [5.74, 6) is 0.887. The molecule has 1 aromatic heterocycles. The van der Waals surface area contributed by atoms with Crippen LogP contribution >= 0.6 is 0 Å². The second kappa shape index (κ2) is 13.4. The van der Waals surface area contributed by atoms with E-state index in [4.69, 9.17) is 4.42 Å². The molecule has 0 amide bonds. The SMILES string of the molecule is c1ccc(-c2oc3cc(-c4cc(-c5cccc6ccccc56)cc(-c5ccc6ccc7c(-c8ccccc8)ccc8ccc5c6c87)c4)ccc3c2-c2ccccc2)cc1. The smallest absolute Gasteiger partial charge is 0.143 e. The van der Waals surface area contributed by atoms with Crippen LogP contribution in [-0.4, -0.2) is 0 Å². The zero-order chi connectivity index (χ0) is 38.9. The quantitative estimate of drug-likeness (QED) is 0.154. The number of furan rings is 1. The van der Waals surface area contributed by atoms with Crippen molar-refractivity contribution in [3.8, 4) is 67.0 Å². The Hall–Kier alpha value is -7.74. The van der Waals surface area contributed by atoms with E-state index in [-0.39, 0.29) is 0 Å². The molecule has 0 unspecified atom stereocenters. The van der Waals surface area contributed by atoms with Crippen molar-refractivity contribution in [1.82, 2.24) is 0 Å². The van der Waals surface area contributed by atoms with Gasteiger partial charge in [0.1, 0.15) is 11.3 Å². The van der Waals surface area contributed by atoms with Crippen molar-refractivity contribution in [2.45, 2.75) is 0 Å². The number of hydrogen-bond donors (Lipinski definition) is 0. The Balaban J connectivity index is 1.10. The van der Waals surface area contributed by atoms with Crippen molar-refractivity contribution in [3.05, 3.63) is 218 Å². The Morgan fingerprint density at radius 3 is 1.44 bits per heavy atom. The third-order valence-corrected chi connectivity index (χ3v) is 12.2. The van der Waals surface area contributed by atoms with Gasteiger partial charge in [-0.3, -0.25) is 0 Å². The van der Waals surface area contributed by atoms with Crippen LogP contribution in [0.2, 0.25) is 0 Å². The summed E-state index contributed by atoms with van der Waals surface area (Å²) >= 11 is 0. The van der Waals surface area contributed by atoms with Gasteiger partial charge in [0.2, 0.25) is 0 Å². The lowest BCUT2D eigenvalue weighted by Gasteiger charge is -2.18. The van der Waals surface area contributed by atoms with E-state index in [1.807, 2.05) is 0 Å². The lowest BCUT2D eigenvalue weighted by Crippen LogP contribution is -1.91. The van der Waals surface area contributed by atoms with Gasteiger partial charge in [0.25, 0.3) is 0 Å². The van der Waals surface area contributed by atoms with E-state index in [1.165, 1.54) is 76.5 Å². The van der Waals surface area contributed by atoms with Crippen LogP contribution in [0.15, 0.2) is 223 Å². The molecule has 0 spiro atoms. The molecule has 1 heterocycles. The average Bonchev–Trinajstić information content (AvgIpc) is 3.70. The van der Waals surface area contributed by atoms with E-state index in [1.54, 1.807) is 0 Å². The van der Waals surface area contributed by atoms with Gasteiger partial charge in [-0.05, 0) is 123 Å². The lowest BCUT2D eigenvalue weighted by molar-refractivity contribution is 0.632. The molecule has 0 aliphatic heterocycles. The van der Waals surface area contributed by atoms with Crippen molar-refractivity contribution < 1.29 is 4.42 Å². The van der Waals surface area contributed by atoms with Gasteiger partial charge in [-0.2, -0.15) is 0 Å². The molecule has 0 aliphatic rings. The van der Waals surface area contributed by atoms with Crippen molar-refractivity contribution in [2.75, 3.05) is 0 Å². The minimum atomic E-state index is 0.870. The normalized spacial score (nSPS) is 11.7. The van der Waals surface area contributed by atoms with Crippen LogP contribution in [0.5, 0.6) is 0 Å². The fraction of sp³-hybridized carbons (Fsp3) is 0. The number of hydrogen-bond acceptors (Lipinski definition) is 1. The van der Waals surface area contributed by atoms with E-state index < -0.39 is 0 Å². The van der Waals surface area contributed by atoms with Gasteiger partial charge in [0.15, 0.2) is 0 Å². The summed E-state index contributed by atoms with van der Waals surface area (Å²) in [5.41, 5.74) is 13.7. The van der Waals surface area contributed by atoms with Crippen LogP contribution in [0.1, 0.15) is 0 Å². The number of benzene rings is 11. The topological polar surface area (TPSA) is 13.1 Å². The van der Waals surface area contributed by atoms with Crippen LogP contribution in [0, 0.1) is 0 Å². The summed E-state index contributed by atoms with van der Waals surface area (Å²) in [6.07, 6.45) is 0. The molecule has 0 N–H and O–H groups in total. The summed E-state index contributed by atoms with van der Waals surface area (Å²) < 4.78 is 6.85. The zero-order valence-corrected chi connectivity index (χ0v) is 32.2. The van der Waals surface area contributed by atoms with Crippen LogP contribution in [0.25, 0.3) is 121 Å². The van der Waals surface area contributed by atoms with Crippen LogP contribution in [0.4, 0.5) is 0 Å². The molecule has 0 saturated heterocycles. The number of fused-ring (bicyclic) bond motifs is 2. The highest BCUT2D eigenvalue weighted by Crippen LogP contribution is 2.46. The largest absolute Gasteiger partial charge is 0.455 e. The molecule has 0 atom stereocenters. The molecule has 59 heavy (non-hydrogen) atoms. The van der Waals surface area contributed by atoms with E-state index in [0.717, 1.165) is 44.5 Å². The first kappa shape index (κ1) is 33.4. The van der Waals surface area contributed by atoms with Gasteiger partial charge >= 0.3 is 0 Å². The van der Waals surface area contributed by atoms with Crippen molar-refractivity contribution in [3.63, 3.8) is 0 Å². The molecule has 11 aromatic carbocycles. The van der Waals surface area contributed by atoms with Crippen LogP contribution < -0.4 is 0 Å². The third-order valence-electron chi connectivity index (χ3n) is 12.2. The van der Waals surface area contributed by atoms with Crippen molar-refractivity contribution in [2.24, 2.45) is 0 Å². The minimum absolute atomic E-state index is 0.870. The first-order valence-electron chi connectivity index (χ1n) is 20.3. The highest BCUT2D eigenvalue weighted by atomic mass is 16.3. The fourth-order valence-corrected chi connectivity index (χ4v) is 9.46. The molecule has 12 aromatic rings. The molecule has 0 saturated carbocycles. The summed E-state index contributed by atoms with van der Waals surface area (Å²) in [7, 11) is 0. The predicted octanol–water partition coefficient (Wildman–Crippen LogP) is 16.5. The number of rotatable bonds is 6. The first-order valence-corrected chi connectivity index (χ1v) is 20.3. The fourth-order valence-electron chi connectivity index (χ4n) is 9.46. The molecule has 12 rings (SSSR count). The molecular weight excluding hydrogens is 713 g/mol. The van der Waals surface area contributed by atoms with E-state index >= 15 is 0 Å². The highest BCUT2D eigenvalue weighted by Gasteiger charge is 2.20. The molecule has 0 aliphatic carbocycles. The summed E-state index contributed by atoms with van der Waals surface area (Å²) in [6, 6.07) is 79.4. The molecule has 0 bridgehead atoms. The average molecular weight is 749 g/mol. The molecular formula is C58H36O. The standard InChI is InChI=1S/C58H36O/c1-4-13-37(14-5-1)49-28-23-40-26-31-52-50(29-24-41-25-30-51(49)55(40)56(41)52)46-34-44(33-45(35-46)48-22-12-20-38-15-10-11-21-47(38)48)43-27-32-53-54(36-43)59-58(42-18-8-3-9-19-42)57(53)39-16-6-2-7-17-39/h1-36H. The minimum Gasteiger partial charge on any atom is -0.455 e. The Morgan fingerprint density at radius 2 is 0.763 bits per heavy atom. The Bertz CT molecular complexity index is 3520. The van der Waals surface area contributed by atoms with Gasteiger partial charge in [-0.15, -0.1) is 0 Å². The van der Waals surface area contributed by atoms with Crippen LogP contribution in [0.3, 0.4) is 0 Å². The maximum absolute atomic E-state index is 6.85. The zero-order valence-electron chi connectivity index (χ0n) is 32.2. The van der Waals surface area contributed by atoms with Gasteiger partial charge in [-0.1, -0.05) is 188 Å². The molecule has 0 fully saturated rings. The highest BCUT2D eigenvalue weighted by molar-refractivity contribution is 6.27. The third kappa shape index (κ3) is 5.47. The van der Waals surface area contributed by atoms with Crippen LogP contribution in [-0.2, 0) is 0 Å². The Kier molecular flexibility index (Phi) is 7.61. The van der Waals surface area contributed by atoms with E-state index in [2.05, 4.69) is 218 Å². The predicted molar refractivity (Wildman–Crippen MR) is 250 cm³/mol. The Labute approximate surface area is 342 Å². The second-order valence-electron chi connectivity index (χ2n) is 15.6. The second-order valence-corrected chi connectivity index (χ2v) is 15.6. The first-order chi connectivity index (χ1) is 29.2. The summed E-state index contributed by atoms with van der Waals surface area (Å²) in [4.78, 5) is 0. The monoisotopic (exact) mass is 748 g/mol. The summed E-state index contributed by atoms with van der Waals surface area (Å²) in [5, 5.41) is 11.3. The maximum Gasteiger partial charge on any atom is 0.143 e. The lowest BCUT2D eigenvalue weighted by atomic mass is 9.86. The molecule has 274 valence electrons. The van der Waals surface area contributed by atoms with Gasteiger partial charge in [0, 0.05) is 16.5 Å². The van der Waals surface area contributed by atoms with Crippen molar-refractivity contribution in [1.29, 1.82) is 0 Å². The Morgan fingerprint density at radius 1 is 0.254 bits per heavy atom. The van der Waals surface area contributed by atoms with E-state index in [9.17, 15) is 0 Å². The molecule has 1 heteroatoms. The van der Waals surface area contributed by atoms with E-state index in [0.29, 0.717) is 0 Å². The van der Waals surface area contributed by atoms with Gasteiger partial charge < -0.3 is 4.42 Å². The van der Waals surface area contributed by atoms with Gasteiger partial charge in [-0.25, -0.2) is 0 Å². The van der Waals surface area contributed by atoms with Gasteiger partial charge in [0.05, 0.1) is 0 Å². The van der Waals surface area contributed by atoms with Crippen molar-refractivity contribution >= 4 is 54.1 Å². The summed E-state index contributed by atoms with van der Waals surface area (Å²) in [6.45, 7) is 0. The molecule has 0 radical (unpaired) electrons.